The van der Waals surface area contributed by atoms with Crippen LogP contribution in [-0.2, 0) is 6.54 Å². The predicted octanol–water partition coefficient (Wildman–Crippen LogP) is 3.95. The Morgan fingerprint density at radius 2 is 1.95 bits per heavy atom. The number of hydrogen-bond donors (Lipinski definition) is 1. The molecule has 108 valence electrons. The van der Waals surface area contributed by atoms with Crippen molar-refractivity contribution >= 4 is 21.7 Å². The summed E-state index contributed by atoms with van der Waals surface area (Å²) in [7, 11) is 0. The van der Waals surface area contributed by atoms with Gasteiger partial charge in [-0.25, -0.2) is 4.98 Å². The van der Waals surface area contributed by atoms with E-state index in [1.54, 1.807) is 0 Å². The number of nitrogens with zero attached hydrogens (tertiary/aromatic N) is 2. The molecule has 4 heteroatoms. The van der Waals surface area contributed by atoms with Gasteiger partial charge in [0.05, 0.1) is 0 Å². The summed E-state index contributed by atoms with van der Waals surface area (Å²) >= 11 is 3.47. The van der Waals surface area contributed by atoms with E-state index in [9.17, 15) is 0 Å². The van der Waals surface area contributed by atoms with Crippen LogP contribution in [0.5, 0.6) is 0 Å². The molecule has 0 bridgehead atoms. The van der Waals surface area contributed by atoms with Gasteiger partial charge >= 0.3 is 0 Å². The Morgan fingerprint density at radius 3 is 2.42 bits per heavy atom. The summed E-state index contributed by atoms with van der Waals surface area (Å²) in [5, 5.41) is 0. The van der Waals surface area contributed by atoms with Crippen molar-refractivity contribution in [1.82, 2.24) is 4.98 Å². The molecule has 1 aromatic rings. The third-order valence-corrected chi connectivity index (χ3v) is 3.78. The van der Waals surface area contributed by atoms with Crippen LogP contribution in [0, 0.1) is 5.92 Å². The molecular formula is C15H26BrN3. The normalized spacial score (nSPS) is 11.4. The van der Waals surface area contributed by atoms with E-state index in [0.717, 1.165) is 35.2 Å². The second-order valence-electron chi connectivity index (χ2n) is 5.36. The SMILES string of the molecule is CCC(CC)N(CC(C)C)c1ncc(Br)cc1CN. The largest absolute Gasteiger partial charge is 0.353 e. The third kappa shape index (κ3) is 4.46. The fourth-order valence-corrected chi connectivity index (χ4v) is 2.79. The molecule has 0 unspecified atom stereocenters. The third-order valence-electron chi connectivity index (χ3n) is 3.35. The standard InChI is InChI=1S/C15H26BrN3/c1-5-14(6-2)19(10-11(3)4)15-12(8-17)7-13(16)9-18-15/h7,9,11,14H,5-6,8,10,17H2,1-4H3. The molecule has 0 fully saturated rings. The Labute approximate surface area is 125 Å². The lowest BCUT2D eigenvalue weighted by Gasteiger charge is -2.34. The van der Waals surface area contributed by atoms with Crippen LogP contribution in [0.1, 0.15) is 46.1 Å². The molecular weight excluding hydrogens is 302 g/mol. The van der Waals surface area contributed by atoms with Crippen LogP contribution in [0.15, 0.2) is 16.7 Å². The minimum atomic E-state index is 0.524. The molecule has 0 radical (unpaired) electrons. The smallest absolute Gasteiger partial charge is 0.133 e. The number of nitrogens with two attached hydrogens (primary N) is 1. The van der Waals surface area contributed by atoms with Crippen molar-refractivity contribution in [2.45, 2.75) is 53.1 Å². The minimum absolute atomic E-state index is 0.524. The Balaban J connectivity index is 3.15. The van der Waals surface area contributed by atoms with Gasteiger partial charge in [0.15, 0.2) is 0 Å². The molecule has 19 heavy (non-hydrogen) atoms. The molecule has 1 aromatic heterocycles. The van der Waals surface area contributed by atoms with Crippen LogP contribution < -0.4 is 10.6 Å². The van der Waals surface area contributed by atoms with Crippen LogP contribution in [-0.4, -0.2) is 17.6 Å². The first-order valence-corrected chi connectivity index (χ1v) is 7.93. The highest BCUT2D eigenvalue weighted by atomic mass is 79.9. The first-order valence-electron chi connectivity index (χ1n) is 7.14. The maximum atomic E-state index is 5.88. The Kier molecular flexibility index (Phi) is 6.80. The van der Waals surface area contributed by atoms with Crippen molar-refractivity contribution in [3.63, 3.8) is 0 Å². The van der Waals surface area contributed by atoms with E-state index in [1.165, 1.54) is 0 Å². The molecule has 0 amide bonds. The zero-order chi connectivity index (χ0) is 14.4. The number of halogens is 1. The second kappa shape index (κ2) is 7.85. The van der Waals surface area contributed by atoms with Gasteiger partial charge in [0.25, 0.3) is 0 Å². The fourth-order valence-electron chi connectivity index (χ4n) is 2.41. The van der Waals surface area contributed by atoms with E-state index in [4.69, 9.17) is 5.73 Å². The molecule has 0 saturated carbocycles. The molecule has 0 spiro atoms. The highest BCUT2D eigenvalue weighted by Crippen LogP contribution is 2.26. The minimum Gasteiger partial charge on any atom is -0.353 e. The molecule has 0 aliphatic carbocycles. The Morgan fingerprint density at radius 1 is 1.32 bits per heavy atom. The average molecular weight is 328 g/mol. The summed E-state index contributed by atoms with van der Waals surface area (Å²) in [5.74, 6) is 1.66. The van der Waals surface area contributed by atoms with Gasteiger partial charge < -0.3 is 10.6 Å². The Hall–Kier alpha value is -0.610. The fraction of sp³-hybridized carbons (Fsp3) is 0.667. The van der Waals surface area contributed by atoms with Gasteiger partial charge in [-0.3, -0.25) is 0 Å². The van der Waals surface area contributed by atoms with Crippen molar-refractivity contribution in [3.05, 3.63) is 22.3 Å². The second-order valence-corrected chi connectivity index (χ2v) is 6.27. The van der Waals surface area contributed by atoms with E-state index in [2.05, 4.69) is 59.6 Å². The average Bonchev–Trinajstić information content (AvgIpc) is 2.38. The summed E-state index contributed by atoms with van der Waals surface area (Å²) in [6, 6.07) is 2.61. The molecule has 0 aliphatic heterocycles. The van der Waals surface area contributed by atoms with Crippen LogP contribution >= 0.6 is 15.9 Å². The molecule has 0 atom stereocenters. The monoisotopic (exact) mass is 327 g/mol. The summed E-state index contributed by atoms with van der Waals surface area (Å²) in [6.07, 6.45) is 4.13. The molecule has 3 nitrogen and oxygen atoms in total. The van der Waals surface area contributed by atoms with Gasteiger partial charge in [0.2, 0.25) is 0 Å². The topological polar surface area (TPSA) is 42.2 Å². The first-order chi connectivity index (χ1) is 9.03. The van der Waals surface area contributed by atoms with Gasteiger partial charge in [0, 0.05) is 35.4 Å². The Bertz CT molecular complexity index is 389. The van der Waals surface area contributed by atoms with Gasteiger partial charge in [-0.1, -0.05) is 27.7 Å². The summed E-state index contributed by atoms with van der Waals surface area (Å²) in [5.41, 5.74) is 7.00. The summed E-state index contributed by atoms with van der Waals surface area (Å²) in [4.78, 5) is 7.05. The van der Waals surface area contributed by atoms with Crippen molar-refractivity contribution in [2.24, 2.45) is 11.7 Å². The van der Waals surface area contributed by atoms with E-state index in [0.29, 0.717) is 18.5 Å². The van der Waals surface area contributed by atoms with Crippen molar-refractivity contribution < 1.29 is 0 Å². The molecule has 0 saturated heterocycles. The lowest BCUT2D eigenvalue weighted by atomic mass is 10.1. The van der Waals surface area contributed by atoms with Crippen LogP contribution in [0.25, 0.3) is 0 Å². The number of anilines is 1. The maximum absolute atomic E-state index is 5.88. The van der Waals surface area contributed by atoms with Crippen molar-refractivity contribution in [2.75, 3.05) is 11.4 Å². The summed E-state index contributed by atoms with van der Waals surface area (Å²) in [6.45, 7) is 10.5. The zero-order valence-electron chi connectivity index (χ0n) is 12.5. The van der Waals surface area contributed by atoms with Gasteiger partial charge in [-0.05, 0) is 40.8 Å². The van der Waals surface area contributed by atoms with Gasteiger partial charge in [0.1, 0.15) is 5.82 Å². The van der Waals surface area contributed by atoms with Crippen LogP contribution in [0.4, 0.5) is 5.82 Å². The van der Waals surface area contributed by atoms with E-state index < -0.39 is 0 Å². The summed E-state index contributed by atoms with van der Waals surface area (Å²) < 4.78 is 0.991. The highest BCUT2D eigenvalue weighted by Gasteiger charge is 2.20. The van der Waals surface area contributed by atoms with Crippen molar-refractivity contribution in [1.29, 1.82) is 0 Å². The van der Waals surface area contributed by atoms with E-state index in [-0.39, 0.29) is 0 Å². The maximum Gasteiger partial charge on any atom is 0.133 e. The van der Waals surface area contributed by atoms with E-state index in [1.807, 2.05) is 6.20 Å². The predicted molar refractivity (Wildman–Crippen MR) is 86.4 cm³/mol. The lowest BCUT2D eigenvalue weighted by Crippen LogP contribution is -2.38. The number of aromatic nitrogens is 1. The first kappa shape index (κ1) is 16.4. The van der Waals surface area contributed by atoms with Crippen molar-refractivity contribution in [3.8, 4) is 0 Å². The molecule has 1 heterocycles. The quantitative estimate of drug-likeness (QED) is 0.824. The van der Waals surface area contributed by atoms with Crippen LogP contribution in [0.3, 0.4) is 0 Å². The highest BCUT2D eigenvalue weighted by molar-refractivity contribution is 9.10. The lowest BCUT2D eigenvalue weighted by molar-refractivity contribution is 0.502. The number of hydrogen-bond acceptors (Lipinski definition) is 3. The van der Waals surface area contributed by atoms with Gasteiger partial charge in [-0.2, -0.15) is 0 Å². The molecule has 0 aliphatic rings. The molecule has 2 N–H and O–H groups in total. The zero-order valence-corrected chi connectivity index (χ0v) is 14.1. The number of rotatable bonds is 7. The number of pyridine rings is 1. The van der Waals surface area contributed by atoms with Crippen LogP contribution in [0.2, 0.25) is 0 Å². The molecule has 1 rings (SSSR count). The van der Waals surface area contributed by atoms with Gasteiger partial charge in [-0.15, -0.1) is 0 Å². The van der Waals surface area contributed by atoms with E-state index >= 15 is 0 Å². The molecule has 0 aromatic carbocycles.